The van der Waals surface area contributed by atoms with E-state index in [9.17, 15) is 18.0 Å². The summed E-state index contributed by atoms with van der Waals surface area (Å²) in [6, 6.07) is 18.9. The van der Waals surface area contributed by atoms with Crippen LogP contribution in [0.3, 0.4) is 0 Å². The van der Waals surface area contributed by atoms with Gasteiger partial charge in [0.2, 0.25) is 21.8 Å². The lowest BCUT2D eigenvalue weighted by molar-refractivity contribution is -0.141. The number of hydrogen-bond donors (Lipinski definition) is 1. The molecular weight excluding hydrogens is 522 g/mol. The molecule has 1 aliphatic rings. The van der Waals surface area contributed by atoms with Crippen LogP contribution < -0.4 is 5.32 Å². The molecule has 1 aliphatic carbocycles. The van der Waals surface area contributed by atoms with Gasteiger partial charge in [0.15, 0.2) is 0 Å². The Bertz CT molecular complexity index is 1390. The number of carbonyl (C=O) groups excluding carboxylic acids is 2. The molecule has 1 atom stereocenters. The Morgan fingerprint density at radius 2 is 1.66 bits per heavy atom. The van der Waals surface area contributed by atoms with Crippen LogP contribution in [0.4, 0.5) is 0 Å². The predicted molar refractivity (Wildman–Crippen MR) is 150 cm³/mol. The molecule has 0 saturated heterocycles. The second-order valence-corrected chi connectivity index (χ2v) is 12.3. The van der Waals surface area contributed by atoms with Gasteiger partial charge >= 0.3 is 0 Å². The van der Waals surface area contributed by atoms with Crippen LogP contribution in [0.2, 0.25) is 5.02 Å². The van der Waals surface area contributed by atoms with Crippen LogP contribution in [0.5, 0.6) is 0 Å². The number of benzene rings is 3. The third-order valence-electron chi connectivity index (χ3n) is 7.14. The molecule has 0 heterocycles. The minimum atomic E-state index is -3.94. The predicted octanol–water partition coefficient (Wildman–Crippen LogP) is 4.98. The number of amides is 2. The van der Waals surface area contributed by atoms with Gasteiger partial charge in [0.25, 0.3) is 0 Å². The molecule has 3 aromatic carbocycles. The highest BCUT2D eigenvalue weighted by atomic mass is 35.5. The first-order chi connectivity index (χ1) is 18.2. The van der Waals surface area contributed by atoms with Crippen molar-refractivity contribution in [3.63, 3.8) is 0 Å². The second-order valence-electron chi connectivity index (χ2n) is 9.83. The Kier molecular flexibility index (Phi) is 9.07. The van der Waals surface area contributed by atoms with E-state index in [1.54, 1.807) is 42.5 Å². The van der Waals surface area contributed by atoms with Gasteiger partial charge < -0.3 is 10.2 Å². The minimum absolute atomic E-state index is 0.111. The summed E-state index contributed by atoms with van der Waals surface area (Å²) in [5.74, 6) is -0.651. The lowest BCUT2D eigenvalue weighted by atomic mass is 10.1. The number of likely N-dealkylation sites (N-methyl/N-ethyl adjacent to an activating group) is 1. The van der Waals surface area contributed by atoms with Crippen molar-refractivity contribution in [2.24, 2.45) is 0 Å². The first-order valence-corrected chi connectivity index (χ1v) is 14.8. The molecule has 0 aromatic heterocycles. The van der Waals surface area contributed by atoms with Crippen molar-refractivity contribution in [3.05, 3.63) is 77.3 Å². The van der Waals surface area contributed by atoms with Gasteiger partial charge in [-0.05, 0) is 59.9 Å². The van der Waals surface area contributed by atoms with E-state index in [2.05, 4.69) is 5.32 Å². The van der Waals surface area contributed by atoms with Crippen LogP contribution in [0.1, 0.15) is 44.6 Å². The monoisotopic (exact) mass is 555 g/mol. The number of nitrogens with zero attached hydrogens (tertiary/aromatic N) is 2. The second kappa shape index (κ2) is 12.3. The average Bonchev–Trinajstić information content (AvgIpc) is 3.42. The summed E-state index contributed by atoms with van der Waals surface area (Å²) in [6.07, 6.45) is 4.41. The molecule has 1 N–H and O–H groups in total. The quantitative estimate of drug-likeness (QED) is 0.382. The van der Waals surface area contributed by atoms with Crippen LogP contribution in [0.15, 0.2) is 71.6 Å². The first-order valence-electron chi connectivity index (χ1n) is 13.0. The Morgan fingerprint density at radius 3 is 2.32 bits per heavy atom. The molecule has 1 saturated carbocycles. The van der Waals surface area contributed by atoms with Crippen LogP contribution in [-0.2, 0) is 26.2 Å². The number of hydrogen-bond acceptors (Lipinski definition) is 4. The molecular formula is C29H34ClN3O4S. The Balaban J connectivity index is 1.57. The van der Waals surface area contributed by atoms with Crippen molar-refractivity contribution < 1.29 is 18.0 Å². The number of sulfonamides is 1. The summed E-state index contributed by atoms with van der Waals surface area (Å²) in [4.78, 5) is 28.6. The molecule has 1 unspecified atom stereocenters. The summed E-state index contributed by atoms with van der Waals surface area (Å²) in [6.45, 7) is 1.63. The lowest BCUT2D eigenvalue weighted by Crippen LogP contribution is -2.53. The molecule has 0 bridgehead atoms. The molecule has 9 heteroatoms. The van der Waals surface area contributed by atoms with E-state index in [1.165, 1.54) is 11.9 Å². The van der Waals surface area contributed by atoms with Crippen molar-refractivity contribution in [2.45, 2.75) is 62.6 Å². The summed E-state index contributed by atoms with van der Waals surface area (Å²) < 4.78 is 27.8. The molecule has 7 nitrogen and oxygen atoms in total. The first kappa shape index (κ1) is 28.1. The SMILES string of the molecule is CCC(C(=O)NC1CCCC1)N(Cc1ccc(Cl)cc1)C(=O)CN(C)S(=O)(=O)c1ccc2ccccc2c1. The highest BCUT2D eigenvalue weighted by molar-refractivity contribution is 7.89. The third-order valence-corrected chi connectivity index (χ3v) is 9.19. The van der Waals surface area contributed by atoms with Gasteiger partial charge in [-0.25, -0.2) is 8.42 Å². The Hall–Kier alpha value is -2.94. The van der Waals surface area contributed by atoms with Crippen LogP contribution in [-0.4, -0.2) is 55.1 Å². The lowest BCUT2D eigenvalue weighted by Gasteiger charge is -2.32. The van der Waals surface area contributed by atoms with Crippen molar-refractivity contribution in [1.29, 1.82) is 0 Å². The maximum Gasteiger partial charge on any atom is 0.243 e. The van der Waals surface area contributed by atoms with Crippen LogP contribution >= 0.6 is 11.6 Å². The van der Waals surface area contributed by atoms with Gasteiger partial charge in [-0.3, -0.25) is 9.59 Å². The molecule has 4 rings (SSSR count). The summed E-state index contributed by atoms with van der Waals surface area (Å²) in [5, 5.41) is 5.40. The van der Waals surface area contributed by atoms with E-state index in [0.717, 1.165) is 46.3 Å². The van der Waals surface area contributed by atoms with Crippen molar-refractivity contribution >= 4 is 44.2 Å². The van der Waals surface area contributed by atoms with Gasteiger partial charge in [0, 0.05) is 24.7 Å². The summed E-state index contributed by atoms with van der Waals surface area (Å²) >= 11 is 6.04. The topological polar surface area (TPSA) is 86.8 Å². The fraction of sp³-hybridized carbons (Fsp3) is 0.379. The maximum absolute atomic E-state index is 13.7. The van der Waals surface area contributed by atoms with E-state index < -0.39 is 28.5 Å². The highest BCUT2D eigenvalue weighted by Crippen LogP contribution is 2.23. The van der Waals surface area contributed by atoms with E-state index >= 15 is 0 Å². The normalized spacial score (nSPS) is 15.1. The largest absolute Gasteiger partial charge is 0.352 e. The zero-order valence-corrected chi connectivity index (χ0v) is 23.3. The van der Waals surface area contributed by atoms with Gasteiger partial charge in [-0.2, -0.15) is 4.31 Å². The zero-order chi connectivity index (χ0) is 27.3. The number of carbonyl (C=O) groups is 2. The summed E-state index contributed by atoms with van der Waals surface area (Å²) in [5.41, 5.74) is 0.801. The molecule has 0 aliphatic heterocycles. The minimum Gasteiger partial charge on any atom is -0.352 e. The molecule has 0 spiro atoms. The molecule has 3 aromatic rings. The number of nitrogens with one attached hydrogen (secondary N) is 1. The fourth-order valence-electron chi connectivity index (χ4n) is 4.95. The van der Waals surface area contributed by atoms with Crippen molar-refractivity contribution in [3.8, 4) is 0 Å². The smallest absolute Gasteiger partial charge is 0.243 e. The van der Waals surface area contributed by atoms with Crippen molar-refractivity contribution in [1.82, 2.24) is 14.5 Å². The zero-order valence-electron chi connectivity index (χ0n) is 21.8. The van der Waals surface area contributed by atoms with Crippen molar-refractivity contribution in [2.75, 3.05) is 13.6 Å². The molecule has 2 amide bonds. The van der Waals surface area contributed by atoms with E-state index in [1.807, 2.05) is 31.2 Å². The van der Waals surface area contributed by atoms with E-state index in [0.29, 0.717) is 11.4 Å². The molecule has 202 valence electrons. The van der Waals surface area contributed by atoms with Gasteiger partial charge in [0.05, 0.1) is 11.4 Å². The Morgan fingerprint density at radius 1 is 1.00 bits per heavy atom. The van der Waals surface area contributed by atoms with Crippen LogP contribution in [0, 0.1) is 0 Å². The fourth-order valence-corrected chi connectivity index (χ4v) is 6.23. The van der Waals surface area contributed by atoms with Gasteiger partial charge in [-0.1, -0.05) is 73.8 Å². The van der Waals surface area contributed by atoms with E-state index in [4.69, 9.17) is 11.6 Å². The molecule has 38 heavy (non-hydrogen) atoms. The van der Waals surface area contributed by atoms with Crippen LogP contribution in [0.25, 0.3) is 10.8 Å². The molecule has 0 radical (unpaired) electrons. The third kappa shape index (κ3) is 6.54. The maximum atomic E-state index is 13.7. The van der Waals surface area contributed by atoms with E-state index in [-0.39, 0.29) is 23.4 Å². The summed E-state index contributed by atoms with van der Waals surface area (Å²) in [7, 11) is -2.55. The highest BCUT2D eigenvalue weighted by Gasteiger charge is 2.33. The van der Waals surface area contributed by atoms with Gasteiger partial charge in [0.1, 0.15) is 6.04 Å². The van der Waals surface area contributed by atoms with Gasteiger partial charge in [-0.15, -0.1) is 0 Å². The number of halogens is 1. The standard InChI is InChI=1S/C29H34ClN3O4S/c1-3-27(29(35)31-25-10-6-7-11-25)33(19-21-12-15-24(30)16-13-21)28(34)20-32(2)38(36,37)26-17-14-22-8-4-5-9-23(22)18-26/h4-5,8-9,12-18,25,27H,3,6-7,10-11,19-20H2,1-2H3,(H,31,35). The average molecular weight is 556 g/mol. The Labute approximate surface area is 229 Å². The number of fused-ring (bicyclic) bond motifs is 1. The number of rotatable bonds is 10. The molecule has 1 fully saturated rings.